The molecule has 0 bridgehead atoms. The van der Waals surface area contributed by atoms with E-state index < -0.39 is 0 Å². The lowest BCUT2D eigenvalue weighted by Crippen LogP contribution is -2.11. The van der Waals surface area contributed by atoms with E-state index in [-0.39, 0.29) is 0 Å². The van der Waals surface area contributed by atoms with Crippen LogP contribution in [-0.4, -0.2) is 18.2 Å². The predicted octanol–water partition coefficient (Wildman–Crippen LogP) is 2.81. The van der Waals surface area contributed by atoms with Crippen molar-refractivity contribution in [3.63, 3.8) is 0 Å². The molecule has 0 atom stereocenters. The Bertz CT molecular complexity index is 670. The number of anilines is 1. The average Bonchev–Trinajstić information content (AvgIpc) is 2.94. The Kier molecular flexibility index (Phi) is 3.84. The van der Waals surface area contributed by atoms with E-state index in [1.165, 1.54) is 5.56 Å². The summed E-state index contributed by atoms with van der Waals surface area (Å²) in [4.78, 5) is 4.78. The SMILES string of the molecule is CCOc1cc2nc3c(c(NN)c2cc1OCC)CCC3. The quantitative estimate of drug-likeness (QED) is 0.653. The van der Waals surface area contributed by atoms with Crippen molar-refractivity contribution in [3.8, 4) is 11.5 Å². The van der Waals surface area contributed by atoms with Crippen LogP contribution < -0.4 is 20.7 Å². The summed E-state index contributed by atoms with van der Waals surface area (Å²) in [7, 11) is 0. The highest BCUT2D eigenvalue weighted by atomic mass is 16.5. The predicted molar refractivity (Wildman–Crippen MR) is 83.9 cm³/mol. The van der Waals surface area contributed by atoms with Crippen LogP contribution in [0.4, 0.5) is 5.69 Å². The second kappa shape index (κ2) is 5.77. The van der Waals surface area contributed by atoms with Crippen molar-refractivity contribution in [2.45, 2.75) is 33.1 Å². The number of nitrogens with two attached hydrogens (primary N) is 1. The lowest BCUT2D eigenvalue weighted by atomic mass is 10.1. The van der Waals surface area contributed by atoms with Gasteiger partial charge in [0, 0.05) is 17.1 Å². The van der Waals surface area contributed by atoms with Crippen LogP contribution >= 0.6 is 0 Å². The highest BCUT2D eigenvalue weighted by Crippen LogP contribution is 2.39. The topological polar surface area (TPSA) is 69.4 Å². The minimum Gasteiger partial charge on any atom is -0.490 e. The molecule has 3 rings (SSSR count). The van der Waals surface area contributed by atoms with Gasteiger partial charge in [0.25, 0.3) is 0 Å². The number of hydrazine groups is 1. The fourth-order valence-corrected chi connectivity index (χ4v) is 2.97. The smallest absolute Gasteiger partial charge is 0.163 e. The van der Waals surface area contributed by atoms with E-state index in [0.29, 0.717) is 13.2 Å². The largest absolute Gasteiger partial charge is 0.490 e. The molecule has 5 heteroatoms. The van der Waals surface area contributed by atoms with Gasteiger partial charge < -0.3 is 14.9 Å². The summed E-state index contributed by atoms with van der Waals surface area (Å²) in [5.41, 5.74) is 7.10. The molecule has 112 valence electrons. The van der Waals surface area contributed by atoms with Gasteiger partial charge in [0.15, 0.2) is 11.5 Å². The van der Waals surface area contributed by atoms with Crippen LogP contribution in [0.1, 0.15) is 31.5 Å². The molecule has 0 radical (unpaired) electrons. The molecule has 1 heterocycles. The maximum Gasteiger partial charge on any atom is 0.163 e. The van der Waals surface area contributed by atoms with Gasteiger partial charge in [-0.15, -0.1) is 0 Å². The minimum absolute atomic E-state index is 0.593. The molecule has 2 aromatic rings. The van der Waals surface area contributed by atoms with Crippen LogP contribution in [0, 0.1) is 0 Å². The summed E-state index contributed by atoms with van der Waals surface area (Å²) < 4.78 is 11.4. The molecule has 0 spiro atoms. The molecule has 1 aliphatic rings. The molecule has 5 nitrogen and oxygen atoms in total. The van der Waals surface area contributed by atoms with E-state index in [9.17, 15) is 0 Å². The van der Waals surface area contributed by atoms with Crippen molar-refractivity contribution in [1.82, 2.24) is 4.98 Å². The number of fused-ring (bicyclic) bond motifs is 2. The van der Waals surface area contributed by atoms with E-state index in [1.807, 2.05) is 26.0 Å². The highest BCUT2D eigenvalue weighted by Gasteiger charge is 2.20. The van der Waals surface area contributed by atoms with Crippen molar-refractivity contribution in [2.24, 2.45) is 5.84 Å². The number of ether oxygens (including phenoxy) is 2. The Hall–Kier alpha value is -2.01. The number of pyridine rings is 1. The fourth-order valence-electron chi connectivity index (χ4n) is 2.97. The number of benzene rings is 1. The first kappa shape index (κ1) is 13.9. The Morgan fingerprint density at radius 2 is 1.86 bits per heavy atom. The van der Waals surface area contributed by atoms with Gasteiger partial charge in [-0.3, -0.25) is 10.8 Å². The number of nitrogen functional groups attached to an aromatic ring is 1. The Morgan fingerprint density at radius 3 is 2.52 bits per heavy atom. The molecule has 0 aliphatic heterocycles. The van der Waals surface area contributed by atoms with Gasteiger partial charge in [0.1, 0.15) is 0 Å². The van der Waals surface area contributed by atoms with Gasteiger partial charge in [-0.1, -0.05) is 0 Å². The molecule has 0 amide bonds. The van der Waals surface area contributed by atoms with Crippen molar-refractivity contribution >= 4 is 16.6 Å². The lowest BCUT2D eigenvalue weighted by Gasteiger charge is -2.16. The molecular formula is C16H21N3O2. The van der Waals surface area contributed by atoms with Crippen LogP contribution in [0.5, 0.6) is 11.5 Å². The average molecular weight is 287 g/mol. The molecular weight excluding hydrogens is 266 g/mol. The summed E-state index contributed by atoms with van der Waals surface area (Å²) in [6, 6.07) is 3.92. The van der Waals surface area contributed by atoms with Crippen LogP contribution in [0.3, 0.4) is 0 Å². The zero-order valence-electron chi connectivity index (χ0n) is 12.5. The normalized spacial score (nSPS) is 13.3. The lowest BCUT2D eigenvalue weighted by molar-refractivity contribution is 0.288. The molecule has 0 fully saturated rings. The maximum atomic E-state index is 5.76. The van der Waals surface area contributed by atoms with Crippen molar-refractivity contribution < 1.29 is 9.47 Å². The standard InChI is InChI=1S/C16H21N3O2/c1-3-20-14-8-11-13(9-15(14)21-4-2)18-12-7-5-6-10(12)16(11)19-17/h8-9H,3-7,17H2,1-2H3,(H,18,19). The van der Waals surface area contributed by atoms with Gasteiger partial charge in [-0.05, 0) is 44.7 Å². The molecule has 0 unspecified atom stereocenters. The summed E-state index contributed by atoms with van der Waals surface area (Å²) >= 11 is 0. The molecule has 0 saturated carbocycles. The van der Waals surface area contributed by atoms with Crippen molar-refractivity contribution in [2.75, 3.05) is 18.6 Å². The monoisotopic (exact) mass is 287 g/mol. The summed E-state index contributed by atoms with van der Waals surface area (Å²) in [6.07, 6.45) is 3.16. The number of nitrogens with one attached hydrogen (secondary N) is 1. The second-order valence-corrected chi connectivity index (χ2v) is 5.09. The number of hydrogen-bond donors (Lipinski definition) is 2. The second-order valence-electron chi connectivity index (χ2n) is 5.09. The van der Waals surface area contributed by atoms with Crippen LogP contribution in [0.2, 0.25) is 0 Å². The molecule has 3 N–H and O–H groups in total. The van der Waals surface area contributed by atoms with E-state index in [2.05, 4.69) is 5.43 Å². The van der Waals surface area contributed by atoms with E-state index in [1.54, 1.807) is 0 Å². The van der Waals surface area contributed by atoms with Gasteiger partial charge in [0.05, 0.1) is 24.4 Å². The van der Waals surface area contributed by atoms with Gasteiger partial charge in [-0.25, -0.2) is 0 Å². The Labute approximate surface area is 124 Å². The highest BCUT2D eigenvalue weighted by molar-refractivity contribution is 5.95. The minimum atomic E-state index is 0.593. The number of aryl methyl sites for hydroxylation is 1. The van der Waals surface area contributed by atoms with Crippen molar-refractivity contribution in [3.05, 3.63) is 23.4 Å². The van der Waals surface area contributed by atoms with E-state index in [0.717, 1.165) is 53.0 Å². The number of rotatable bonds is 5. The first-order chi connectivity index (χ1) is 10.3. The summed E-state index contributed by atoms with van der Waals surface area (Å²) in [5.74, 6) is 7.24. The number of hydrogen-bond acceptors (Lipinski definition) is 5. The zero-order valence-corrected chi connectivity index (χ0v) is 12.5. The molecule has 1 aromatic heterocycles. The molecule has 0 saturated heterocycles. The third-order valence-electron chi connectivity index (χ3n) is 3.82. The maximum absolute atomic E-state index is 5.76. The molecule has 1 aliphatic carbocycles. The molecule has 21 heavy (non-hydrogen) atoms. The van der Waals surface area contributed by atoms with E-state index >= 15 is 0 Å². The Morgan fingerprint density at radius 1 is 1.14 bits per heavy atom. The number of nitrogens with zero attached hydrogens (tertiary/aromatic N) is 1. The van der Waals surface area contributed by atoms with Crippen molar-refractivity contribution in [1.29, 1.82) is 0 Å². The summed E-state index contributed by atoms with van der Waals surface area (Å²) in [6.45, 7) is 5.11. The van der Waals surface area contributed by atoms with Gasteiger partial charge in [0.2, 0.25) is 0 Å². The first-order valence-corrected chi connectivity index (χ1v) is 7.50. The number of aromatic nitrogens is 1. The fraction of sp³-hybridized carbons (Fsp3) is 0.438. The zero-order chi connectivity index (χ0) is 14.8. The van der Waals surface area contributed by atoms with Crippen LogP contribution in [0.15, 0.2) is 12.1 Å². The van der Waals surface area contributed by atoms with Crippen LogP contribution in [-0.2, 0) is 12.8 Å². The first-order valence-electron chi connectivity index (χ1n) is 7.50. The third-order valence-corrected chi connectivity index (χ3v) is 3.82. The van der Waals surface area contributed by atoms with E-state index in [4.69, 9.17) is 20.3 Å². The van der Waals surface area contributed by atoms with Gasteiger partial charge >= 0.3 is 0 Å². The third kappa shape index (κ3) is 2.38. The summed E-state index contributed by atoms with van der Waals surface area (Å²) in [5, 5.41) is 0.991. The Balaban J connectivity index is 2.24. The molecule has 1 aromatic carbocycles. The van der Waals surface area contributed by atoms with Gasteiger partial charge in [-0.2, -0.15) is 0 Å². The van der Waals surface area contributed by atoms with Crippen LogP contribution in [0.25, 0.3) is 10.9 Å².